The van der Waals surface area contributed by atoms with Crippen molar-refractivity contribution < 1.29 is 23.2 Å². The maximum atomic E-state index is 13.3. The number of halogens is 2. The minimum atomic E-state index is -1.27. The molecule has 0 spiro atoms. The Labute approximate surface area is 166 Å². The first-order valence-corrected chi connectivity index (χ1v) is 9.17. The van der Waals surface area contributed by atoms with E-state index in [9.17, 15) is 23.2 Å². The fourth-order valence-corrected chi connectivity index (χ4v) is 3.53. The normalized spacial score (nSPS) is 18.9. The summed E-state index contributed by atoms with van der Waals surface area (Å²) in [7, 11) is 0. The average molecular weight is 401 g/mol. The summed E-state index contributed by atoms with van der Waals surface area (Å²) in [6.07, 6.45) is 0.356. The van der Waals surface area contributed by atoms with Gasteiger partial charge in [0.15, 0.2) is 0 Å². The van der Waals surface area contributed by atoms with Gasteiger partial charge in [-0.15, -0.1) is 0 Å². The topological polar surface area (TPSA) is 78.5 Å². The van der Waals surface area contributed by atoms with E-state index in [0.717, 1.165) is 17.0 Å². The summed E-state index contributed by atoms with van der Waals surface area (Å²) >= 11 is 0. The second-order valence-corrected chi connectivity index (χ2v) is 7.40. The molecule has 2 aromatic carbocycles. The lowest BCUT2D eigenvalue weighted by Crippen LogP contribution is -2.45. The van der Waals surface area contributed by atoms with Crippen molar-refractivity contribution in [1.82, 2.24) is 10.2 Å². The van der Waals surface area contributed by atoms with Crippen molar-refractivity contribution in [2.45, 2.75) is 25.8 Å². The van der Waals surface area contributed by atoms with Gasteiger partial charge in [-0.05, 0) is 30.0 Å². The zero-order valence-corrected chi connectivity index (χ0v) is 16.0. The average Bonchev–Trinajstić information content (AvgIpc) is 2.86. The summed E-state index contributed by atoms with van der Waals surface area (Å²) in [6.45, 7) is 3.28. The first-order valence-electron chi connectivity index (χ1n) is 9.17. The van der Waals surface area contributed by atoms with Gasteiger partial charge in [-0.2, -0.15) is 0 Å². The summed E-state index contributed by atoms with van der Waals surface area (Å²) in [4.78, 5) is 38.9. The van der Waals surface area contributed by atoms with Crippen molar-refractivity contribution in [1.29, 1.82) is 0 Å². The number of benzene rings is 2. The molecule has 1 aliphatic rings. The highest BCUT2D eigenvalue weighted by Crippen LogP contribution is 2.35. The number of rotatable bonds is 6. The number of amides is 4. The van der Waals surface area contributed by atoms with Crippen LogP contribution >= 0.6 is 0 Å². The zero-order valence-electron chi connectivity index (χ0n) is 16.0. The third-order valence-corrected chi connectivity index (χ3v) is 4.60. The molecule has 0 bridgehead atoms. The van der Waals surface area contributed by atoms with E-state index in [4.69, 9.17) is 0 Å². The van der Waals surface area contributed by atoms with Crippen LogP contribution in [0.2, 0.25) is 0 Å². The second-order valence-electron chi connectivity index (χ2n) is 7.40. The number of imide groups is 1. The van der Waals surface area contributed by atoms with Crippen LogP contribution in [0, 0.1) is 17.6 Å². The largest absolute Gasteiger partial charge is 0.325 e. The molecule has 0 aromatic heterocycles. The Morgan fingerprint density at radius 1 is 1.10 bits per heavy atom. The Morgan fingerprint density at radius 2 is 1.72 bits per heavy atom. The van der Waals surface area contributed by atoms with Gasteiger partial charge in [0, 0.05) is 11.8 Å². The number of carbonyl (C=O) groups is 3. The summed E-state index contributed by atoms with van der Waals surface area (Å²) < 4.78 is 26.6. The smallest absolute Gasteiger partial charge is 0.324 e. The summed E-state index contributed by atoms with van der Waals surface area (Å²) in [6, 6.07) is 10.7. The first kappa shape index (κ1) is 20.4. The van der Waals surface area contributed by atoms with Gasteiger partial charge in [-0.25, -0.2) is 13.6 Å². The molecule has 4 amide bonds. The molecule has 3 rings (SSSR count). The number of urea groups is 1. The molecule has 8 heteroatoms. The molecule has 1 atom stereocenters. The molecule has 2 aromatic rings. The van der Waals surface area contributed by atoms with E-state index in [0.29, 0.717) is 18.1 Å². The van der Waals surface area contributed by atoms with Crippen molar-refractivity contribution >= 4 is 23.5 Å². The van der Waals surface area contributed by atoms with Gasteiger partial charge in [0.25, 0.3) is 5.91 Å². The lowest BCUT2D eigenvalue weighted by Gasteiger charge is -2.29. The molecule has 29 heavy (non-hydrogen) atoms. The predicted molar refractivity (Wildman–Crippen MR) is 103 cm³/mol. The zero-order chi connectivity index (χ0) is 21.2. The second kappa shape index (κ2) is 7.98. The van der Waals surface area contributed by atoms with E-state index in [1.165, 1.54) is 0 Å². The van der Waals surface area contributed by atoms with Crippen LogP contribution in [0.4, 0.5) is 19.3 Å². The van der Waals surface area contributed by atoms with Crippen LogP contribution in [0.1, 0.15) is 25.8 Å². The van der Waals surface area contributed by atoms with E-state index in [1.807, 2.05) is 13.8 Å². The van der Waals surface area contributed by atoms with E-state index in [1.54, 1.807) is 30.3 Å². The molecular formula is C21H21F2N3O3. The van der Waals surface area contributed by atoms with E-state index in [2.05, 4.69) is 10.6 Å². The fourth-order valence-electron chi connectivity index (χ4n) is 3.53. The Morgan fingerprint density at radius 3 is 2.31 bits per heavy atom. The maximum absolute atomic E-state index is 13.3. The lowest BCUT2D eigenvalue weighted by molar-refractivity contribution is -0.134. The number of nitrogens with zero attached hydrogens (tertiary/aromatic N) is 1. The molecule has 1 saturated heterocycles. The number of hydrogen-bond donors (Lipinski definition) is 2. The number of nitrogens with one attached hydrogen (secondary N) is 2. The third kappa shape index (κ3) is 4.26. The van der Waals surface area contributed by atoms with Gasteiger partial charge < -0.3 is 10.6 Å². The molecule has 1 unspecified atom stereocenters. The number of carbonyl (C=O) groups excluding carboxylic acids is 3. The molecular weight excluding hydrogens is 380 g/mol. The van der Waals surface area contributed by atoms with Crippen LogP contribution in [-0.2, 0) is 15.1 Å². The predicted octanol–water partition coefficient (Wildman–Crippen LogP) is 3.40. The minimum absolute atomic E-state index is 0.0866. The van der Waals surface area contributed by atoms with E-state index >= 15 is 0 Å². The molecule has 0 saturated carbocycles. The minimum Gasteiger partial charge on any atom is -0.324 e. The maximum Gasteiger partial charge on any atom is 0.325 e. The highest BCUT2D eigenvalue weighted by atomic mass is 19.1. The van der Waals surface area contributed by atoms with Gasteiger partial charge in [0.1, 0.15) is 23.7 Å². The van der Waals surface area contributed by atoms with Crippen LogP contribution in [-0.4, -0.2) is 29.3 Å². The molecule has 1 fully saturated rings. The van der Waals surface area contributed by atoms with E-state index in [-0.39, 0.29) is 11.6 Å². The Balaban J connectivity index is 1.82. The fraction of sp³-hybridized carbons (Fsp3) is 0.286. The summed E-state index contributed by atoms with van der Waals surface area (Å²) in [5.74, 6) is -2.90. The quantitative estimate of drug-likeness (QED) is 0.729. The Bertz CT molecular complexity index is 929. The molecule has 152 valence electrons. The molecule has 1 heterocycles. The van der Waals surface area contributed by atoms with Gasteiger partial charge in [0.2, 0.25) is 5.91 Å². The molecule has 0 radical (unpaired) electrons. The Kier molecular flexibility index (Phi) is 5.63. The van der Waals surface area contributed by atoms with Gasteiger partial charge >= 0.3 is 6.03 Å². The summed E-state index contributed by atoms with van der Waals surface area (Å²) in [5, 5.41) is 5.05. The van der Waals surface area contributed by atoms with Crippen molar-refractivity contribution in [3.63, 3.8) is 0 Å². The standard InChI is InChI=1S/C21H21F2N3O3/c1-13(2)11-21(14-6-4-3-5-7-14)19(28)26(20(29)25-21)12-18(27)24-17-9-15(22)8-16(23)10-17/h3-10,13H,11-12H2,1-2H3,(H,24,27)(H,25,29). The monoisotopic (exact) mass is 401 g/mol. The van der Waals surface area contributed by atoms with Crippen LogP contribution in [0.25, 0.3) is 0 Å². The highest BCUT2D eigenvalue weighted by molar-refractivity contribution is 6.10. The Hall–Kier alpha value is -3.29. The van der Waals surface area contributed by atoms with Crippen molar-refractivity contribution in [3.05, 3.63) is 65.7 Å². The van der Waals surface area contributed by atoms with Crippen molar-refractivity contribution in [3.8, 4) is 0 Å². The summed E-state index contributed by atoms with van der Waals surface area (Å²) in [5.41, 5.74) is -0.740. The lowest BCUT2D eigenvalue weighted by atomic mass is 9.82. The van der Waals surface area contributed by atoms with Crippen molar-refractivity contribution in [2.24, 2.45) is 5.92 Å². The van der Waals surface area contributed by atoms with Crippen LogP contribution in [0.3, 0.4) is 0 Å². The third-order valence-electron chi connectivity index (χ3n) is 4.60. The van der Waals surface area contributed by atoms with Crippen LogP contribution in [0.5, 0.6) is 0 Å². The van der Waals surface area contributed by atoms with E-state index < -0.39 is 41.6 Å². The van der Waals surface area contributed by atoms with Gasteiger partial charge in [-0.1, -0.05) is 44.2 Å². The molecule has 2 N–H and O–H groups in total. The molecule has 6 nitrogen and oxygen atoms in total. The van der Waals surface area contributed by atoms with Gasteiger partial charge in [0.05, 0.1) is 0 Å². The molecule has 0 aliphatic carbocycles. The van der Waals surface area contributed by atoms with Gasteiger partial charge in [-0.3, -0.25) is 14.5 Å². The van der Waals surface area contributed by atoms with Crippen LogP contribution in [0.15, 0.2) is 48.5 Å². The van der Waals surface area contributed by atoms with Crippen molar-refractivity contribution in [2.75, 3.05) is 11.9 Å². The SMILES string of the molecule is CC(C)CC1(c2ccccc2)NC(=O)N(CC(=O)Nc2cc(F)cc(F)c2)C1=O. The first-order chi connectivity index (χ1) is 13.7. The highest BCUT2D eigenvalue weighted by Gasteiger charge is 2.52. The number of hydrogen-bond acceptors (Lipinski definition) is 3. The number of anilines is 1. The molecule has 1 aliphatic heterocycles. The van der Waals surface area contributed by atoms with Crippen LogP contribution < -0.4 is 10.6 Å².